The Kier molecular flexibility index (Phi) is 39.6. The number of methoxy groups -OCH3 is 2. The fourth-order valence-corrected chi connectivity index (χ4v) is 13.0. The predicted molar refractivity (Wildman–Crippen MR) is 379 cm³/mol. The van der Waals surface area contributed by atoms with Crippen molar-refractivity contribution in [2.45, 2.75) is 207 Å². The van der Waals surface area contributed by atoms with E-state index in [2.05, 4.69) is 31.9 Å². The number of carbonyl (C=O) groups is 11. The summed E-state index contributed by atoms with van der Waals surface area (Å²) in [6.07, 6.45) is 0.569. The average molecular weight is 1430 g/mol. The maximum absolute atomic E-state index is 14.6. The summed E-state index contributed by atoms with van der Waals surface area (Å²) in [5.74, 6) is -7.75. The van der Waals surface area contributed by atoms with E-state index in [0.29, 0.717) is 58.6 Å². The summed E-state index contributed by atoms with van der Waals surface area (Å²) in [6.45, 7) is 22.7. The molecule has 1 aromatic carbocycles. The normalized spacial score (nSPS) is 17.8. The number of carboxylic acid groups (broad SMARTS) is 1. The molecule has 29 heteroatoms. The Morgan fingerprint density at radius 2 is 1.27 bits per heavy atom. The van der Waals surface area contributed by atoms with E-state index in [9.17, 15) is 57.8 Å². The average Bonchev–Trinajstić information content (AvgIpc) is 1.80. The van der Waals surface area contributed by atoms with Gasteiger partial charge in [-0.05, 0) is 95.7 Å². The van der Waals surface area contributed by atoms with Crippen LogP contribution in [-0.2, 0) is 87.6 Å². The molecule has 2 fully saturated rings. The Balaban J connectivity index is 1.59. The molecule has 101 heavy (non-hydrogen) atoms. The number of carbonyl (C=O) groups excluding carboxylic acids is 10. The number of aliphatic carboxylic acids is 1. The van der Waals surface area contributed by atoms with Gasteiger partial charge < -0.3 is 85.9 Å². The smallest absolute Gasteiger partial charge is 0.311 e. The number of hydrogen-bond acceptors (Lipinski definition) is 19. The first kappa shape index (κ1) is 88.3. The number of ether oxygens (including phenoxy) is 6. The third-order valence-corrected chi connectivity index (χ3v) is 18.9. The zero-order valence-electron chi connectivity index (χ0n) is 63.1. The third-order valence-electron chi connectivity index (χ3n) is 18.9. The van der Waals surface area contributed by atoms with Gasteiger partial charge in [0.05, 0.1) is 101 Å². The summed E-state index contributed by atoms with van der Waals surface area (Å²) in [6, 6.07) is 2.27. The van der Waals surface area contributed by atoms with Gasteiger partial charge in [0.2, 0.25) is 53.2 Å². The summed E-state index contributed by atoms with van der Waals surface area (Å²) >= 11 is 0. The van der Waals surface area contributed by atoms with Crippen molar-refractivity contribution < 1.29 is 86.3 Å². The number of carboxylic acids is 1. The molecule has 3 rings (SSSR count). The second-order valence-corrected chi connectivity index (χ2v) is 28.4. The Morgan fingerprint density at radius 1 is 0.663 bits per heavy atom. The van der Waals surface area contributed by atoms with Crippen LogP contribution in [0, 0.1) is 35.0 Å². The van der Waals surface area contributed by atoms with Gasteiger partial charge in [0, 0.05) is 66.8 Å². The van der Waals surface area contributed by atoms with Crippen LogP contribution in [0.1, 0.15) is 146 Å². The largest absolute Gasteiger partial charge is 0.481 e. The molecule has 0 bridgehead atoms. The maximum Gasteiger partial charge on any atom is 0.311 e. The highest BCUT2D eigenvalue weighted by Gasteiger charge is 2.45. The minimum Gasteiger partial charge on any atom is -0.481 e. The van der Waals surface area contributed by atoms with E-state index in [1.54, 1.807) is 51.5 Å². The standard InChI is InChI=1S/C72H123N11O18/c1-17-48(8)62(81(14)70(94)60(46(4)5)79-68(92)61(47(6)7)80(12)13)55(96-15)44-57(85)82-33-21-26-53(82)63(97-16)49(9)64(88)77-51(42-50-24-19-18-20-25-50)65(89)74-31-23-35-101-71(95)72(10,11)29-32-75-67(91)59(45(2)3)78-66(90)54-27-22-34-83(54)69(93)52(43-58(86)87)76-56(84)28-36-98-38-40-100-41-39-99-37-30-73/h18-20,24-25,45-49,51-55,59-63H,17,21-23,26-44,73H2,1-16H3,(H,74,89)(H,75,91)(H,76,84)(H,77,88)(H,78,90)(H,79,92)(H,86,87)/t48-,49+,51-,52-,53-,54-,55+,59-,60-,61-,62-,63+/m0/s1. The second-order valence-electron chi connectivity index (χ2n) is 28.4. The number of hydrogen-bond donors (Lipinski definition) is 8. The van der Waals surface area contributed by atoms with Crippen molar-refractivity contribution in [3.05, 3.63) is 35.9 Å². The van der Waals surface area contributed by atoms with Crippen LogP contribution in [0.2, 0.25) is 0 Å². The monoisotopic (exact) mass is 1430 g/mol. The van der Waals surface area contributed by atoms with E-state index in [1.165, 1.54) is 19.1 Å². The first-order valence-electron chi connectivity index (χ1n) is 36.0. The lowest BCUT2D eigenvalue weighted by Gasteiger charge is -2.41. The fourth-order valence-electron chi connectivity index (χ4n) is 13.0. The van der Waals surface area contributed by atoms with Gasteiger partial charge in [-0.2, -0.15) is 0 Å². The molecule has 12 atom stereocenters. The minimum absolute atomic E-state index is 0.00862. The Hall–Kier alpha value is -6.89. The van der Waals surface area contributed by atoms with Gasteiger partial charge in [-0.1, -0.05) is 99.1 Å². The number of nitrogens with two attached hydrogens (primary N) is 1. The van der Waals surface area contributed by atoms with Crippen molar-refractivity contribution in [2.75, 3.05) is 114 Å². The van der Waals surface area contributed by atoms with E-state index >= 15 is 0 Å². The molecule has 2 saturated heterocycles. The van der Waals surface area contributed by atoms with Crippen molar-refractivity contribution in [1.82, 2.24) is 51.5 Å². The van der Waals surface area contributed by atoms with Crippen molar-refractivity contribution in [3.8, 4) is 0 Å². The lowest BCUT2D eigenvalue weighted by molar-refractivity contribution is -0.154. The van der Waals surface area contributed by atoms with Crippen LogP contribution in [0.4, 0.5) is 0 Å². The molecular formula is C72H123N11O18. The molecule has 9 amide bonds. The van der Waals surface area contributed by atoms with Crippen molar-refractivity contribution >= 4 is 65.1 Å². The Morgan fingerprint density at radius 3 is 1.84 bits per heavy atom. The Bertz CT molecular complexity index is 2770. The summed E-state index contributed by atoms with van der Waals surface area (Å²) in [4.78, 5) is 157. The number of rotatable bonds is 48. The van der Waals surface area contributed by atoms with Gasteiger partial charge in [-0.15, -0.1) is 0 Å². The van der Waals surface area contributed by atoms with Gasteiger partial charge in [-0.3, -0.25) is 57.6 Å². The van der Waals surface area contributed by atoms with E-state index in [-0.39, 0.29) is 120 Å². The topological polar surface area (TPSA) is 375 Å². The lowest BCUT2D eigenvalue weighted by atomic mass is 9.89. The van der Waals surface area contributed by atoms with Crippen LogP contribution in [0.15, 0.2) is 30.3 Å². The van der Waals surface area contributed by atoms with Gasteiger partial charge in [-0.25, -0.2) is 0 Å². The van der Waals surface area contributed by atoms with Gasteiger partial charge in [0.15, 0.2) is 0 Å². The molecule has 1 aromatic rings. The zero-order chi connectivity index (χ0) is 75.7. The van der Waals surface area contributed by atoms with Crippen molar-refractivity contribution in [3.63, 3.8) is 0 Å². The highest BCUT2D eigenvalue weighted by atomic mass is 16.5. The van der Waals surface area contributed by atoms with E-state index < -0.39 is 132 Å². The molecular weight excluding hydrogens is 1310 g/mol. The number of nitrogens with one attached hydrogen (secondary N) is 6. The van der Waals surface area contributed by atoms with Crippen LogP contribution in [0.25, 0.3) is 0 Å². The molecule has 2 aliphatic rings. The fraction of sp³-hybridized carbons (Fsp3) is 0.764. The van der Waals surface area contributed by atoms with Gasteiger partial charge in [0.25, 0.3) is 0 Å². The molecule has 0 unspecified atom stereocenters. The lowest BCUT2D eigenvalue weighted by Crippen LogP contribution is -2.59. The second kappa shape index (κ2) is 45.3. The first-order valence-corrected chi connectivity index (χ1v) is 36.0. The molecule has 0 saturated carbocycles. The van der Waals surface area contributed by atoms with Crippen LogP contribution in [0.5, 0.6) is 0 Å². The zero-order valence-corrected chi connectivity index (χ0v) is 63.1. The SMILES string of the molecule is CC[C@H](C)[C@@H]([C@@H](CC(=O)N1CCC[C@H]1[C@H](OC)[C@@H](C)C(=O)N[C@@H](Cc1ccccc1)C(=O)NCCCOC(=O)C(C)(C)CCNC(=O)[C@@H](NC(=O)[C@@H]1CCCN1C(=O)[C@H](CC(=O)O)NC(=O)CCOCCOCCOCCN)C(C)C)OC)N(C)C(=O)[C@@H](NC(=O)[C@H](C(C)C)N(C)C)C(C)C. The number of likely N-dealkylation sites (tertiary alicyclic amines) is 2. The Labute approximate surface area is 598 Å². The van der Waals surface area contributed by atoms with Gasteiger partial charge >= 0.3 is 11.9 Å². The first-order chi connectivity index (χ1) is 47.8. The third kappa shape index (κ3) is 28.7. The molecule has 9 N–H and O–H groups in total. The number of nitrogens with zero attached hydrogens (tertiary/aromatic N) is 4. The highest BCUT2D eigenvalue weighted by molar-refractivity contribution is 5.96. The number of esters is 1. The quantitative estimate of drug-likeness (QED) is 0.0343. The number of amides is 9. The maximum atomic E-state index is 14.6. The molecule has 29 nitrogen and oxygen atoms in total. The summed E-state index contributed by atoms with van der Waals surface area (Å²) in [7, 11) is 8.38. The molecule has 2 heterocycles. The van der Waals surface area contributed by atoms with Crippen LogP contribution in [0.3, 0.4) is 0 Å². The van der Waals surface area contributed by atoms with Crippen molar-refractivity contribution in [1.29, 1.82) is 0 Å². The van der Waals surface area contributed by atoms with E-state index in [1.807, 2.05) is 90.9 Å². The molecule has 0 aliphatic carbocycles. The van der Waals surface area contributed by atoms with Crippen LogP contribution >= 0.6 is 0 Å². The molecule has 574 valence electrons. The van der Waals surface area contributed by atoms with Crippen molar-refractivity contribution in [2.24, 2.45) is 40.7 Å². The van der Waals surface area contributed by atoms with E-state index in [0.717, 1.165) is 5.56 Å². The summed E-state index contributed by atoms with van der Waals surface area (Å²) in [5.41, 5.74) is 5.08. The van der Waals surface area contributed by atoms with E-state index in [4.69, 9.17) is 34.2 Å². The predicted octanol–water partition coefficient (Wildman–Crippen LogP) is 2.43. The summed E-state index contributed by atoms with van der Waals surface area (Å²) in [5, 5.41) is 26.6. The minimum atomic E-state index is -1.47. The van der Waals surface area contributed by atoms with Crippen LogP contribution in [-0.4, -0.2) is 265 Å². The molecule has 2 aliphatic heterocycles. The van der Waals surface area contributed by atoms with Gasteiger partial charge in [0.1, 0.15) is 30.2 Å². The number of benzene rings is 1. The molecule has 0 spiro atoms. The summed E-state index contributed by atoms with van der Waals surface area (Å²) < 4.78 is 33.9. The highest BCUT2D eigenvalue weighted by Crippen LogP contribution is 2.31. The van der Waals surface area contributed by atoms with Crippen LogP contribution < -0.4 is 37.6 Å². The molecule has 0 aromatic heterocycles. The molecule has 0 radical (unpaired) electrons. The number of likely N-dealkylation sites (N-methyl/N-ethyl adjacent to an activating group) is 2.